The van der Waals surface area contributed by atoms with Crippen molar-refractivity contribution in [2.45, 2.75) is 19.8 Å². The summed E-state index contributed by atoms with van der Waals surface area (Å²) in [6.45, 7) is 1.46. The summed E-state index contributed by atoms with van der Waals surface area (Å²) in [4.78, 5) is 13.3. The number of hydrogen-bond acceptors (Lipinski definition) is 2. The lowest BCUT2D eigenvalue weighted by Gasteiger charge is -2.07. The highest BCUT2D eigenvalue weighted by Gasteiger charge is 2.14. The third-order valence-electron chi connectivity index (χ3n) is 1.94. The predicted molar refractivity (Wildman–Crippen MR) is 46.1 cm³/mol. The lowest BCUT2D eigenvalue weighted by molar-refractivity contribution is 0.150. The number of halogens is 2. The average molecular weight is 198 g/mol. The van der Waals surface area contributed by atoms with E-state index in [1.807, 2.05) is 0 Å². The minimum atomic E-state index is -2.69. The van der Waals surface area contributed by atoms with E-state index in [1.165, 1.54) is 6.92 Å². The van der Waals surface area contributed by atoms with Crippen molar-refractivity contribution in [1.82, 2.24) is 4.98 Å². The van der Waals surface area contributed by atoms with Gasteiger partial charge >= 0.3 is 0 Å². The van der Waals surface area contributed by atoms with Gasteiger partial charge in [-0.25, -0.2) is 8.78 Å². The third kappa shape index (κ3) is 1.96. The fourth-order valence-corrected chi connectivity index (χ4v) is 1.18. The van der Waals surface area contributed by atoms with Crippen molar-refractivity contribution in [2.24, 2.45) is 0 Å². The monoisotopic (exact) mass is 198 g/mol. The zero-order valence-corrected chi connectivity index (χ0v) is 7.47. The molecule has 14 heavy (non-hydrogen) atoms. The largest absolute Gasteiger partial charge is 0.325 e. The van der Waals surface area contributed by atoms with Gasteiger partial charge in [0.05, 0.1) is 12.5 Å². The molecular weight excluding hydrogens is 190 g/mol. The molecule has 0 atom stereocenters. The minimum Gasteiger partial charge on any atom is -0.325 e. The van der Waals surface area contributed by atoms with Gasteiger partial charge in [0.2, 0.25) is 5.56 Å². The number of aromatic amines is 1. The molecule has 1 aromatic rings. The van der Waals surface area contributed by atoms with E-state index >= 15 is 0 Å². The minimum absolute atomic E-state index is 0.0678. The highest BCUT2D eigenvalue weighted by atomic mass is 19.3. The Hall–Kier alpha value is -1.70. The molecule has 1 heterocycles. The highest BCUT2D eigenvalue weighted by molar-refractivity contribution is 5.31. The molecule has 0 unspecified atom stereocenters. The molecule has 0 saturated carbocycles. The summed E-state index contributed by atoms with van der Waals surface area (Å²) in [6.07, 6.45) is -2.75. The Morgan fingerprint density at radius 1 is 1.64 bits per heavy atom. The topological polar surface area (TPSA) is 56.6 Å². The first-order valence-corrected chi connectivity index (χ1v) is 3.94. The van der Waals surface area contributed by atoms with Crippen molar-refractivity contribution in [3.8, 4) is 6.07 Å². The molecule has 5 heteroatoms. The molecule has 0 bridgehead atoms. The summed E-state index contributed by atoms with van der Waals surface area (Å²) in [6, 6.07) is 2.67. The second-order valence-electron chi connectivity index (χ2n) is 2.83. The summed E-state index contributed by atoms with van der Waals surface area (Å²) in [5.74, 6) is 0. The van der Waals surface area contributed by atoms with Crippen LogP contribution in [0.25, 0.3) is 0 Å². The lowest BCUT2D eigenvalue weighted by atomic mass is 10.1. The maximum atomic E-state index is 12.4. The summed E-state index contributed by atoms with van der Waals surface area (Å²) >= 11 is 0. The Morgan fingerprint density at radius 2 is 2.29 bits per heavy atom. The lowest BCUT2D eigenvalue weighted by Crippen LogP contribution is -2.12. The van der Waals surface area contributed by atoms with Gasteiger partial charge in [0, 0.05) is 17.3 Å². The van der Waals surface area contributed by atoms with Gasteiger partial charge in [-0.3, -0.25) is 4.79 Å². The van der Waals surface area contributed by atoms with Gasteiger partial charge in [0.25, 0.3) is 6.43 Å². The number of nitriles is 1. The van der Waals surface area contributed by atoms with Crippen LogP contribution in [0.5, 0.6) is 0 Å². The first-order valence-electron chi connectivity index (χ1n) is 3.94. The smallest absolute Gasteiger partial charge is 0.264 e. The number of H-pyrrole nitrogens is 1. The highest BCUT2D eigenvalue weighted by Crippen LogP contribution is 2.22. The van der Waals surface area contributed by atoms with E-state index in [0.717, 1.165) is 6.07 Å². The molecule has 3 nitrogen and oxygen atoms in total. The van der Waals surface area contributed by atoms with Crippen LogP contribution >= 0.6 is 0 Å². The third-order valence-corrected chi connectivity index (χ3v) is 1.94. The zero-order chi connectivity index (χ0) is 10.7. The van der Waals surface area contributed by atoms with E-state index in [1.54, 1.807) is 6.07 Å². The summed E-state index contributed by atoms with van der Waals surface area (Å²) in [7, 11) is 0. The fraction of sp³-hybridized carbons (Fsp3) is 0.333. The Kier molecular flexibility index (Phi) is 2.97. The number of hydrogen-bond donors (Lipinski definition) is 1. The molecule has 0 fully saturated rings. The van der Waals surface area contributed by atoms with E-state index in [9.17, 15) is 13.6 Å². The number of rotatable bonds is 2. The van der Waals surface area contributed by atoms with Gasteiger partial charge in [-0.15, -0.1) is 0 Å². The molecule has 74 valence electrons. The Morgan fingerprint density at radius 3 is 2.79 bits per heavy atom. The van der Waals surface area contributed by atoms with Crippen molar-refractivity contribution in [3.63, 3.8) is 0 Å². The fourth-order valence-electron chi connectivity index (χ4n) is 1.18. The SMILES string of the molecule is Cc1c(C(F)F)cc(=O)[nH]c1CC#N. The molecule has 0 saturated heterocycles. The number of nitrogens with one attached hydrogen (secondary N) is 1. The van der Waals surface area contributed by atoms with Gasteiger partial charge in [0.1, 0.15) is 0 Å². The van der Waals surface area contributed by atoms with Crippen molar-refractivity contribution < 1.29 is 8.78 Å². The number of aromatic nitrogens is 1. The zero-order valence-electron chi connectivity index (χ0n) is 7.47. The van der Waals surface area contributed by atoms with Crippen LogP contribution < -0.4 is 5.56 Å². The summed E-state index contributed by atoms with van der Waals surface area (Å²) in [5, 5.41) is 8.40. The molecule has 0 aliphatic carbocycles. The van der Waals surface area contributed by atoms with Crippen LogP contribution in [-0.2, 0) is 6.42 Å². The van der Waals surface area contributed by atoms with Crippen LogP contribution in [-0.4, -0.2) is 4.98 Å². The van der Waals surface area contributed by atoms with Crippen LogP contribution in [0.3, 0.4) is 0 Å². The second kappa shape index (κ2) is 4.01. The van der Waals surface area contributed by atoms with Gasteiger partial charge in [-0.05, 0) is 12.5 Å². The molecule has 0 aliphatic heterocycles. The van der Waals surface area contributed by atoms with Gasteiger partial charge in [-0.2, -0.15) is 5.26 Å². The molecule has 1 N–H and O–H groups in total. The maximum Gasteiger partial charge on any atom is 0.264 e. The van der Waals surface area contributed by atoms with Crippen molar-refractivity contribution in [1.29, 1.82) is 5.26 Å². The Balaban J connectivity index is 3.34. The summed E-state index contributed by atoms with van der Waals surface area (Å²) in [5.41, 5.74) is -0.369. The van der Waals surface area contributed by atoms with E-state index in [4.69, 9.17) is 5.26 Å². The average Bonchev–Trinajstić information content (AvgIpc) is 2.10. The molecule has 1 rings (SSSR count). The Labute approximate surface area is 79.0 Å². The quantitative estimate of drug-likeness (QED) is 0.786. The van der Waals surface area contributed by atoms with E-state index < -0.39 is 12.0 Å². The van der Waals surface area contributed by atoms with Crippen molar-refractivity contribution >= 4 is 0 Å². The predicted octanol–water partition coefficient (Wildman–Crippen LogP) is 1.69. The molecule has 0 amide bonds. The Bertz CT molecular complexity index is 431. The van der Waals surface area contributed by atoms with Crippen LogP contribution in [0, 0.1) is 18.3 Å². The second-order valence-corrected chi connectivity index (χ2v) is 2.83. The van der Waals surface area contributed by atoms with Gasteiger partial charge in [-0.1, -0.05) is 0 Å². The first-order chi connectivity index (χ1) is 6.56. The first kappa shape index (κ1) is 10.4. The van der Waals surface area contributed by atoms with Gasteiger partial charge in [0.15, 0.2) is 0 Å². The van der Waals surface area contributed by atoms with Crippen LogP contribution in [0.4, 0.5) is 8.78 Å². The van der Waals surface area contributed by atoms with Crippen molar-refractivity contribution in [3.05, 3.63) is 33.2 Å². The molecular formula is C9H8F2N2O. The number of nitrogens with zero attached hydrogens (tertiary/aromatic N) is 1. The summed E-state index contributed by atoms with van der Waals surface area (Å²) < 4.78 is 24.8. The molecule has 1 aromatic heterocycles. The van der Waals surface area contributed by atoms with Crippen LogP contribution in [0.1, 0.15) is 23.2 Å². The van der Waals surface area contributed by atoms with Gasteiger partial charge < -0.3 is 4.98 Å². The molecule has 0 aliphatic rings. The molecule has 0 radical (unpaired) electrons. The van der Waals surface area contributed by atoms with E-state index in [2.05, 4.69) is 4.98 Å². The van der Waals surface area contributed by atoms with Crippen LogP contribution in [0.2, 0.25) is 0 Å². The number of pyridine rings is 1. The molecule has 0 spiro atoms. The normalized spacial score (nSPS) is 10.2. The molecule has 0 aromatic carbocycles. The number of alkyl halides is 2. The van der Waals surface area contributed by atoms with E-state index in [0.29, 0.717) is 0 Å². The van der Waals surface area contributed by atoms with Crippen molar-refractivity contribution in [2.75, 3.05) is 0 Å². The standard InChI is InChI=1S/C9H8F2N2O/c1-5-6(9(10)11)4-8(14)13-7(5)2-3-12/h4,9H,2H2,1H3,(H,13,14). The van der Waals surface area contributed by atoms with E-state index in [-0.39, 0.29) is 23.2 Å². The van der Waals surface area contributed by atoms with Crippen LogP contribution in [0.15, 0.2) is 10.9 Å². The maximum absolute atomic E-state index is 12.4.